The topological polar surface area (TPSA) is 46.5 Å². The van der Waals surface area contributed by atoms with Gasteiger partial charge in [0, 0.05) is 13.3 Å². The number of hydrogen-bond donors (Lipinski definition) is 1. The maximum absolute atomic E-state index is 10.8. The molecular formula is C11H12O3. The zero-order valence-corrected chi connectivity index (χ0v) is 7.93. The van der Waals surface area contributed by atoms with Gasteiger partial charge in [-0.3, -0.25) is 4.79 Å². The predicted molar refractivity (Wildman–Crippen MR) is 50.7 cm³/mol. The van der Waals surface area contributed by atoms with Crippen LogP contribution in [0.1, 0.15) is 24.2 Å². The summed E-state index contributed by atoms with van der Waals surface area (Å²) in [5.74, 6) is -0.346. The largest absolute Gasteiger partial charge is 0.459 e. The summed E-state index contributed by atoms with van der Waals surface area (Å²) in [7, 11) is 0. The molecule has 0 radical (unpaired) electrons. The van der Waals surface area contributed by atoms with Gasteiger partial charge in [-0.1, -0.05) is 24.3 Å². The molecule has 0 spiro atoms. The highest BCUT2D eigenvalue weighted by Crippen LogP contribution is 2.32. The van der Waals surface area contributed by atoms with Crippen molar-refractivity contribution in [1.29, 1.82) is 0 Å². The van der Waals surface area contributed by atoms with Crippen molar-refractivity contribution in [2.45, 2.75) is 25.6 Å². The highest BCUT2D eigenvalue weighted by Gasteiger charge is 2.32. The summed E-state index contributed by atoms with van der Waals surface area (Å²) in [6, 6.07) is 7.60. The molecule has 0 amide bonds. The van der Waals surface area contributed by atoms with Gasteiger partial charge in [0.05, 0.1) is 0 Å². The molecule has 1 aliphatic carbocycles. The zero-order chi connectivity index (χ0) is 10.1. The lowest BCUT2D eigenvalue weighted by atomic mass is 10.1. The summed E-state index contributed by atoms with van der Waals surface area (Å²) >= 11 is 0. The second-order valence-corrected chi connectivity index (χ2v) is 3.50. The first-order valence-corrected chi connectivity index (χ1v) is 4.61. The summed E-state index contributed by atoms with van der Waals surface area (Å²) in [5, 5.41) is 9.81. The molecule has 0 fully saturated rings. The molecule has 3 heteroatoms. The molecule has 0 heterocycles. The lowest BCUT2D eigenvalue weighted by molar-refractivity contribution is -0.151. The van der Waals surface area contributed by atoms with Crippen LogP contribution in [0.25, 0.3) is 0 Å². The molecule has 0 saturated heterocycles. The number of rotatable bonds is 1. The van der Waals surface area contributed by atoms with Crippen LogP contribution >= 0.6 is 0 Å². The lowest BCUT2D eigenvalue weighted by Crippen LogP contribution is -2.20. The molecule has 0 bridgehead atoms. The van der Waals surface area contributed by atoms with Gasteiger partial charge in [0.2, 0.25) is 0 Å². The van der Waals surface area contributed by atoms with Crippen molar-refractivity contribution < 1.29 is 14.6 Å². The molecule has 2 rings (SSSR count). The van der Waals surface area contributed by atoms with Crippen LogP contribution in [0, 0.1) is 0 Å². The average molecular weight is 192 g/mol. The molecule has 3 nitrogen and oxygen atoms in total. The van der Waals surface area contributed by atoms with Crippen LogP contribution in [0.5, 0.6) is 0 Å². The first-order chi connectivity index (χ1) is 6.68. The Morgan fingerprint density at radius 3 is 2.86 bits per heavy atom. The van der Waals surface area contributed by atoms with E-state index in [1.54, 1.807) is 0 Å². The van der Waals surface area contributed by atoms with Crippen LogP contribution < -0.4 is 0 Å². The molecule has 1 aromatic carbocycles. The quantitative estimate of drug-likeness (QED) is 0.680. The van der Waals surface area contributed by atoms with Gasteiger partial charge in [0.15, 0.2) is 0 Å². The van der Waals surface area contributed by atoms with Gasteiger partial charge in [-0.2, -0.15) is 0 Å². The van der Waals surface area contributed by atoms with E-state index in [1.165, 1.54) is 6.92 Å². The Labute approximate surface area is 82.3 Å². The number of carbonyl (C=O) groups is 1. The summed E-state index contributed by atoms with van der Waals surface area (Å²) in [5.41, 5.74) is 1.94. The van der Waals surface area contributed by atoms with E-state index in [4.69, 9.17) is 4.74 Å². The van der Waals surface area contributed by atoms with Crippen LogP contribution in [0.2, 0.25) is 0 Å². The molecular weight excluding hydrogens is 180 g/mol. The van der Waals surface area contributed by atoms with Gasteiger partial charge in [-0.15, -0.1) is 0 Å². The van der Waals surface area contributed by atoms with Crippen molar-refractivity contribution in [1.82, 2.24) is 0 Å². The molecule has 0 aliphatic heterocycles. The number of hydrogen-bond acceptors (Lipinski definition) is 3. The maximum Gasteiger partial charge on any atom is 0.303 e. The lowest BCUT2D eigenvalue weighted by Gasteiger charge is -2.14. The summed E-state index contributed by atoms with van der Waals surface area (Å²) in [4.78, 5) is 10.8. The fourth-order valence-electron chi connectivity index (χ4n) is 1.86. The third-order valence-corrected chi connectivity index (χ3v) is 2.46. The zero-order valence-electron chi connectivity index (χ0n) is 7.93. The summed E-state index contributed by atoms with van der Waals surface area (Å²) < 4.78 is 5.02. The van der Waals surface area contributed by atoms with Gasteiger partial charge in [-0.25, -0.2) is 0 Å². The highest BCUT2D eigenvalue weighted by atomic mass is 16.6. The molecule has 0 unspecified atom stereocenters. The van der Waals surface area contributed by atoms with Crippen molar-refractivity contribution >= 4 is 5.97 Å². The number of benzene rings is 1. The Bertz CT molecular complexity index is 359. The Kier molecular flexibility index (Phi) is 2.25. The standard InChI is InChI=1S/C11H12O3/c1-7(12)14-10-6-8-4-2-3-5-9(8)11(10)13/h2-5,10-11,13H,6H2,1H3/t10-,11-/m1/s1. The molecule has 1 aromatic rings. The number of aliphatic hydroxyl groups excluding tert-OH is 1. The van der Waals surface area contributed by atoms with Crippen LogP contribution in [0.4, 0.5) is 0 Å². The van der Waals surface area contributed by atoms with Crippen molar-refractivity contribution in [2.75, 3.05) is 0 Å². The van der Waals surface area contributed by atoms with E-state index in [-0.39, 0.29) is 5.97 Å². The molecule has 74 valence electrons. The predicted octanol–water partition coefficient (Wildman–Crippen LogP) is 1.21. The van der Waals surface area contributed by atoms with E-state index in [2.05, 4.69) is 0 Å². The van der Waals surface area contributed by atoms with E-state index < -0.39 is 12.2 Å². The van der Waals surface area contributed by atoms with E-state index in [1.807, 2.05) is 24.3 Å². The third-order valence-electron chi connectivity index (χ3n) is 2.46. The average Bonchev–Trinajstić information content (AvgIpc) is 2.44. The number of aliphatic hydroxyl groups is 1. The van der Waals surface area contributed by atoms with Crippen LogP contribution in [0.3, 0.4) is 0 Å². The fourth-order valence-corrected chi connectivity index (χ4v) is 1.86. The van der Waals surface area contributed by atoms with E-state index >= 15 is 0 Å². The van der Waals surface area contributed by atoms with Crippen molar-refractivity contribution in [2.24, 2.45) is 0 Å². The number of fused-ring (bicyclic) bond motifs is 1. The van der Waals surface area contributed by atoms with Crippen LogP contribution in [-0.4, -0.2) is 17.2 Å². The van der Waals surface area contributed by atoms with Crippen molar-refractivity contribution in [3.63, 3.8) is 0 Å². The monoisotopic (exact) mass is 192 g/mol. The second-order valence-electron chi connectivity index (χ2n) is 3.50. The first-order valence-electron chi connectivity index (χ1n) is 4.61. The second kappa shape index (κ2) is 3.42. The van der Waals surface area contributed by atoms with Gasteiger partial charge in [-0.05, 0) is 11.1 Å². The van der Waals surface area contributed by atoms with Gasteiger partial charge in [0.1, 0.15) is 12.2 Å². The number of ether oxygens (including phenoxy) is 1. The van der Waals surface area contributed by atoms with Crippen LogP contribution in [-0.2, 0) is 16.0 Å². The normalized spacial score (nSPS) is 24.4. The van der Waals surface area contributed by atoms with Crippen molar-refractivity contribution in [3.8, 4) is 0 Å². The van der Waals surface area contributed by atoms with Gasteiger partial charge >= 0.3 is 5.97 Å². The molecule has 2 atom stereocenters. The first kappa shape index (κ1) is 9.21. The van der Waals surface area contributed by atoms with Gasteiger partial charge < -0.3 is 9.84 Å². The molecule has 1 aliphatic rings. The third kappa shape index (κ3) is 1.51. The molecule has 0 aromatic heterocycles. The Hall–Kier alpha value is -1.35. The highest BCUT2D eigenvalue weighted by molar-refractivity contribution is 5.66. The fraction of sp³-hybridized carbons (Fsp3) is 0.364. The Morgan fingerprint density at radius 2 is 2.21 bits per heavy atom. The smallest absolute Gasteiger partial charge is 0.303 e. The summed E-state index contributed by atoms with van der Waals surface area (Å²) in [6.45, 7) is 1.36. The Balaban J connectivity index is 2.21. The SMILES string of the molecule is CC(=O)O[C@@H]1Cc2ccccc2[C@H]1O. The molecule has 1 N–H and O–H groups in total. The molecule has 14 heavy (non-hydrogen) atoms. The van der Waals surface area contributed by atoms with E-state index in [0.717, 1.165) is 11.1 Å². The summed E-state index contributed by atoms with van der Waals surface area (Å²) in [6.07, 6.45) is -0.475. The van der Waals surface area contributed by atoms with Gasteiger partial charge in [0.25, 0.3) is 0 Å². The Morgan fingerprint density at radius 1 is 1.50 bits per heavy atom. The van der Waals surface area contributed by atoms with E-state index in [9.17, 15) is 9.90 Å². The van der Waals surface area contributed by atoms with Crippen molar-refractivity contribution in [3.05, 3.63) is 35.4 Å². The van der Waals surface area contributed by atoms with Crippen LogP contribution in [0.15, 0.2) is 24.3 Å². The number of esters is 1. The maximum atomic E-state index is 10.8. The minimum absolute atomic E-state index is 0.346. The number of carbonyl (C=O) groups excluding carboxylic acids is 1. The molecule has 0 saturated carbocycles. The van der Waals surface area contributed by atoms with E-state index in [0.29, 0.717) is 6.42 Å². The minimum atomic E-state index is -0.671. The minimum Gasteiger partial charge on any atom is -0.459 e.